The standard InChI is InChI=1S/C18H19FN4O4/c19-12-2-1-10-15(11(12)9-22-7-5-20-6-8-22)18(27)23(17(10)26)13-3-4-14(24)21-16(13)25/h1-2,13,20H,3-9H2,(H,21,24,25). The molecule has 1 aromatic carbocycles. The largest absolute Gasteiger partial charge is 0.314 e. The molecule has 0 bridgehead atoms. The van der Waals surface area contributed by atoms with Gasteiger partial charge in [0.25, 0.3) is 11.8 Å². The minimum Gasteiger partial charge on any atom is -0.314 e. The van der Waals surface area contributed by atoms with E-state index in [4.69, 9.17) is 0 Å². The Labute approximate surface area is 154 Å². The summed E-state index contributed by atoms with van der Waals surface area (Å²) in [6.07, 6.45) is 0.123. The average molecular weight is 374 g/mol. The quantitative estimate of drug-likeness (QED) is 0.701. The van der Waals surface area contributed by atoms with Gasteiger partial charge in [-0.3, -0.25) is 34.3 Å². The molecular weight excluding hydrogens is 355 g/mol. The van der Waals surface area contributed by atoms with E-state index in [0.717, 1.165) is 18.0 Å². The van der Waals surface area contributed by atoms with Crippen molar-refractivity contribution in [3.63, 3.8) is 0 Å². The molecule has 0 aliphatic carbocycles. The van der Waals surface area contributed by atoms with Crippen LogP contribution in [-0.4, -0.2) is 65.6 Å². The zero-order valence-corrected chi connectivity index (χ0v) is 14.6. The molecule has 3 aliphatic heterocycles. The number of fused-ring (bicyclic) bond motifs is 1. The summed E-state index contributed by atoms with van der Waals surface area (Å²) < 4.78 is 14.5. The first kappa shape index (κ1) is 17.7. The molecule has 142 valence electrons. The van der Waals surface area contributed by atoms with Gasteiger partial charge in [-0.15, -0.1) is 0 Å². The fourth-order valence-corrected chi connectivity index (χ4v) is 3.85. The molecule has 4 amide bonds. The van der Waals surface area contributed by atoms with Gasteiger partial charge in [0.1, 0.15) is 11.9 Å². The minimum atomic E-state index is -1.05. The molecule has 0 saturated carbocycles. The van der Waals surface area contributed by atoms with Gasteiger partial charge < -0.3 is 5.32 Å². The molecule has 4 rings (SSSR count). The van der Waals surface area contributed by atoms with Crippen molar-refractivity contribution < 1.29 is 23.6 Å². The zero-order valence-electron chi connectivity index (χ0n) is 14.6. The number of carbonyl (C=O) groups excluding carboxylic acids is 4. The summed E-state index contributed by atoms with van der Waals surface area (Å²) in [5.74, 6) is -2.94. The van der Waals surface area contributed by atoms with E-state index >= 15 is 0 Å². The molecule has 0 spiro atoms. The van der Waals surface area contributed by atoms with Gasteiger partial charge in [0, 0.05) is 44.7 Å². The highest BCUT2D eigenvalue weighted by Crippen LogP contribution is 2.31. The van der Waals surface area contributed by atoms with Gasteiger partial charge in [-0.1, -0.05) is 0 Å². The number of amides is 4. The van der Waals surface area contributed by atoms with E-state index in [2.05, 4.69) is 10.6 Å². The molecule has 3 aliphatic rings. The van der Waals surface area contributed by atoms with E-state index in [-0.39, 0.29) is 36.1 Å². The monoisotopic (exact) mass is 374 g/mol. The lowest BCUT2D eigenvalue weighted by Gasteiger charge is -2.28. The number of nitrogens with one attached hydrogen (secondary N) is 2. The van der Waals surface area contributed by atoms with Gasteiger partial charge in [-0.2, -0.15) is 0 Å². The second-order valence-corrected chi connectivity index (χ2v) is 6.92. The highest BCUT2D eigenvalue weighted by atomic mass is 19.1. The van der Waals surface area contributed by atoms with Crippen LogP contribution in [0.5, 0.6) is 0 Å². The number of imide groups is 2. The van der Waals surface area contributed by atoms with Crippen LogP contribution >= 0.6 is 0 Å². The Hall–Kier alpha value is -2.65. The van der Waals surface area contributed by atoms with Crippen LogP contribution in [0.15, 0.2) is 12.1 Å². The van der Waals surface area contributed by atoms with E-state index in [1.807, 2.05) is 4.90 Å². The maximum absolute atomic E-state index is 14.5. The number of rotatable bonds is 3. The topological polar surface area (TPSA) is 98.8 Å². The number of piperidine rings is 1. The van der Waals surface area contributed by atoms with Crippen molar-refractivity contribution in [2.45, 2.75) is 25.4 Å². The van der Waals surface area contributed by atoms with Crippen LogP contribution in [0, 0.1) is 5.82 Å². The fourth-order valence-electron chi connectivity index (χ4n) is 3.85. The highest BCUT2D eigenvalue weighted by molar-refractivity contribution is 6.24. The van der Waals surface area contributed by atoms with Crippen LogP contribution in [0.3, 0.4) is 0 Å². The van der Waals surface area contributed by atoms with Crippen LogP contribution in [0.2, 0.25) is 0 Å². The molecule has 9 heteroatoms. The Morgan fingerprint density at radius 2 is 1.81 bits per heavy atom. The van der Waals surface area contributed by atoms with E-state index in [9.17, 15) is 23.6 Å². The normalized spacial score (nSPS) is 23.6. The van der Waals surface area contributed by atoms with Crippen LogP contribution in [0.4, 0.5) is 4.39 Å². The zero-order chi connectivity index (χ0) is 19.1. The van der Waals surface area contributed by atoms with E-state index in [0.29, 0.717) is 13.1 Å². The Bertz CT molecular complexity index is 850. The van der Waals surface area contributed by atoms with Crippen LogP contribution in [0.25, 0.3) is 0 Å². The Kier molecular flexibility index (Phi) is 4.48. The smallest absolute Gasteiger partial charge is 0.262 e. The molecule has 1 unspecified atom stereocenters. The van der Waals surface area contributed by atoms with Crippen LogP contribution in [-0.2, 0) is 16.1 Å². The van der Waals surface area contributed by atoms with Crippen molar-refractivity contribution in [2.24, 2.45) is 0 Å². The molecule has 1 aromatic rings. The number of halogens is 1. The average Bonchev–Trinajstić information content (AvgIpc) is 2.89. The van der Waals surface area contributed by atoms with Gasteiger partial charge in [0.15, 0.2) is 0 Å². The van der Waals surface area contributed by atoms with Crippen LogP contribution in [0.1, 0.15) is 39.1 Å². The highest BCUT2D eigenvalue weighted by Gasteiger charge is 2.46. The number of carbonyl (C=O) groups is 4. The van der Waals surface area contributed by atoms with Gasteiger partial charge in [0.05, 0.1) is 11.1 Å². The van der Waals surface area contributed by atoms with E-state index in [1.165, 1.54) is 12.1 Å². The van der Waals surface area contributed by atoms with Crippen molar-refractivity contribution in [1.82, 2.24) is 20.4 Å². The SMILES string of the molecule is O=C1CCC(N2C(=O)c3ccc(F)c(CN4CCNCC4)c3C2=O)C(=O)N1. The van der Waals surface area contributed by atoms with Gasteiger partial charge in [0.2, 0.25) is 11.8 Å². The second-order valence-electron chi connectivity index (χ2n) is 6.92. The number of piperazine rings is 1. The Morgan fingerprint density at radius 1 is 1.07 bits per heavy atom. The van der Waals surface area contributed by atoms with Crippen molar-refractivity contribution in [2.75, 3.05) is 26.2 Å². The van der Waals surface area contributed by atoms with Crippen molar-refractivity contribution in [3.05, 3.63) is 34.6 Å². The molecule has 0 aromatic heterocycles. The number of nitrogens with zero attached hydrogens (tertiary/aromatic N) is 2. The first-order chi connectivity index (χ1) is 13.0. The lowest BCUT2D eigenvalue weighted by atomic mass is 10.0. The maximum Gasteiger partial charge on any atom is 0.262 e. The van der Waals surface area contributed by atoms with Gasteiger partial charge in [-0.25, -0.2) is 4.39 Å². The lowest BCUT2D eigenvalue weighted by Crippen LogP contribution is -2.54. The molecule has 8 nitrogen and oxygen atoms in total. The van der Waals surface area contributed by atoms with Gasteiger partial charge in [-0.05, 0) is 18.6 Å². The molecule has 2 N–H and O–H groups in total. The first-order valence-electron chi connectivity index (χ1n) is 8.93. The summed E-state index contributed by atoms with van der Waals surface area (Å²) in [7, 11) is 0. The van der Waals surface area contributed by atoms with Crippen molar-refractivity contribution in [1.29, 1.82) is 0 Å². The molecule has 2 fully saturated rings. The van der Waals surface area contributed by atoms with Crippen molar-refractivity contribution >= 4 is 23.6 Å². The third-order valence-electron chi connectivity index (χ3n) is 5.25. The summed E-state index contributed by atoms with van der Waals surface area (Å²) in [4.78, 5) is 52.1. The molecular formula is C18H19FN4O4. The second kappa shape index (κ2) is 6.82. The van der Waals surface area contributed by atoms with E-state index in [1.54, 1.807) is 0 Å². The fraction of sp³-hybridized carbons (Fsp3) is 0.444. The summed E-state index contributed by atoms with van der Waals surface area (Å²) in [6, 6.07) is 1.43. The third kappa shape index (κ3) is 3.02. The predicted octanol–water partition coefficient (Wildman–Crippen LogP) is -0.368. The summed E-state index contributed by atoms with van der Waals surface area (Å²) >= 11 is 0. The van der Waals surface area contributed by atoms with Crippen molar-refractivity contribution in [3.8, 4) is 0 Å². The number of hydrogen-bond donors (Lipinski definition) is 2. The molecule has 0 radical (unpaired) electrons. The maximum atomic E-state index is 14.5. The summed E-state index contributed by atoms with van der Waals surface area (Å²) in [5.41, 5.74) is 0.321. The summed E-state index contributed by atoms with van der Waals surface area (Å²) in [5, 5.41) is 5.36. The minimum absolute atomic E-state index is 0.0308. The Balaban J connectivity index is 1.67. The first-order valence-corrected chi connectivity index (χ1v) is 8.93. The molecule has 2 saturated heterocycles. The number of benzene rings is 1. The summed E-state index contributed by atoms with van der Waals surface area (Å²) in [6.45, 7) is 3.18. The lowest BCUT2D eigenvalue weighted by molar-refractivity contribution is -0.136. The third-order valence-corrected chi connectivity index (χ3v) is 5.25. The molecule has 3 heterocycles. The number of hydrogen-bond acceptors (Lipinski definition) is 6. The Morgan fingerprint density at radius 3 is 2.52 bits per heavy atom. The van der Waals surface area contributed by atoms with E-state index < -0.39 is 35.5 Å². The predicted molar refractivity (Wildman–Crippen MR) is 91.2 cm³/mol. The van der Waals surface area contributed by atoms with Crippen LogP contribution < -0.4 is 10.6 Å². The van der Waals surface area contributed by atoms with Gasteiger partial charge >= 0.3 is 0 Å². The molecule has 27 heavy (non-hydrogen) atoms. The molecule has 1 atom stereocenters.